The molecule has 8 aromatic rings. The highest BCUT2D eigenvalue weighted by atomic mass is 16.2. The van der Waals surface area contributed by atoms with E-state index in [9.17, 15) is 19.2 Å². The van der Waals surface area contributed by atoms with Crippen LogP contribution in [0.4, 0.5) is 0 Å². The zero-order valence-electron chi connectivity index (χ0n) is 36.0. The van der Waals surface area contributed by atoms with Gasteiger partial charge in [0.1, 0.15) is 0 Å². The normalized spacial score (nSPS) is 14.0. The molecule has 3 heterocycles. The SMILES string of the molecule is CCCCCCC(CCCCCC)N1C(=O)c2ccc3c4ccc5c6c(ccc(c7ccc(c2c37)C1=O)c64)C(=O)N(Cc1ccc(Cn2cc(Cc3ccccc3)nn2)cc1)C5=O. The van der Waals surface area contributed by atoms with Crippen LogP contribution in [-0.4, -0.2) is 54.5 Å². The van der Waals surface area contributed by atoms with Crippen LogP contribution >= 0.6 is 0 Å². The first kappa shape index (κ1) is 40.3. The zero-order chi connectivity index (χ0) is 43.2. The van der Waals surface area contributed by atoms with Gasteiger partial charge in [-0.05, 0) is 86.1 Å². The molecule has 0 N–H and O–H groups in total. The lowest BCUT2D eigenvalue weighted by molar-refractivity contribution is 0.0514. The van der Waals surface area contributed by atoms with Crippen molar-refractivity contribution in [1.82, 2.24) is 24.8 Å². The van der Waals surface area contributed by atoms with Gasteiger partial charge in [0.25, 0.3) is 23.6 Å². The third-order valence-electron chi connectivity index (χ3n) is 13.4. The van der Waals surface area contributed by atoms with E-state index in [1.54, 1.807) is 4.90 Å². The predicted octanol–water partition coefficient (Wildman–Crippen LogP) is 11.7. The van der Waals surface area contributed by atoms with Crippen LogP contribution in [0.25, 0.3) is 43.1 Å². The number of hydrogen-bond donors (Lipinski definition) is 0. The molecule has 7 aromatic carbocycles. The maximum atomic E-state index is 14.5. The van der Waals surface area contributed by atoms with Gasteiger partial charge in [0.05, 0.1) is 18.8 Å². The van der Waals surface area contributed by atoms with Crippen LogP contribution < -0.4 is 0 Å². The smallest absolute Gasteiger partial charge is 0.261 e. The second kappa shape index (κ2) is 16.9. The van der Waals surface area contributed by atoms with Gasteiger partial charge in [-0.25, -0.2) is 4.68 Å². The lowest BCUT2D eigenvalue weighted by atomic mass is 9.82. The number of nitrogens with zero attached hydrogens (tertiary/aromatic N) is 5. The van der Waals surface area contributed by atoms with Crippen molar-refractivity contribution >= 4 is 66.7 Å². The van der Waals surface area contributed by atoms with Crippen LogP contribution in [0, 0.1) is 0 Å². The fraction of sp³-hybridized carbons (Fsp3) is 0.296. The first-order valence-corrected chi connectivity index (χ1v) is 22.8. The molecule has 0 atom stereocenters. The summed E-state index contributed by atoms with van der Waals surface area (Å²) in [6, 6.07) is 33.3. The summed E-state index contributed by atoms with van der Waals surface area (Å²) >= 11 is 0. The van der Waals surface area contributed by atoms with Crippen molar-refractivity contribution in [3.8, 4) is 0 Å². The number of carbonyl (C=O) groups excluding carboxylic acids is 4. The number of amides is 4. The molecule has 9 nitrogen and oxygen atoms in total. The fourth-order valence-electron chi connectivity index (χ4n) is 10.2. The van der Waals surface area contributed by atoms with E-state index in [0.717, 1.165) is 113 Å². The van der Waals surface area contributed by atoms with Crippen LogP contribution in [0.2, 0.25) is 0 Å². The molecule has 0 unspecified atom stereocenters. The molecule has 2 aliphatic heterocycles. The highest BCUT2D eigenvalue weighted by molar-refractivity contribution is 6.41. The van der Waals surface area contributed by atoms with E-state index < -0.39 is 0 Å². The van der Waals surface area contributed by atoms with Crippen molar-refractivity contribution in [2.45, 2.75) is 104 Å². The number of fused-ring (bicyclic) bond motifs is 2. The molecule has 1 aromatic heterocycles. The lowest BCUT2D eigenvalue weighted by Crippen LogP contribution is -2.47. The van der Waals surface area contributed by atoms with Gasteiger partial charge in [0.15, 0.2) is 0 Å². The Morgan fingerprint density at radius 2 is 0.952 bits per heavy atom. The number of benzene rings is 7. The topological polar surface area (TPSA) is 105 Å². The number of imide groups is 2. The van der Waals surface area contributed by atoms with Crippen LogP contribution in [0.5, 0.6) is 0 Å². The Kier molecular flexibility index (Phi) is 10.8. The van der Waals surface area contributed by atoms with Crippen LogP contribution in [0.1, 0.15) is 142 Å². The van der Waals surface area contributed by atoms with Crippen LogP contribution in [0.15, 0.2) is 109 Å². The largest absolute Gasteiger partial charge is 0.271 e. The summed E-state index contributed by atoms with van der Waals surface area (Å²) in [5.41, 5.74) is 6.04. The molecule has 0 fully saturated rings. The standard InChI is InChI=1S/C54H51N5O4/c1-3-5-7-12-16-38(17-13-8-6-4-2)59-53(62)45-28-24-41-39-22-26-43-49-44(27-23-40(47(39)49)42-25-29-46(54(59)63)50(45)48(41)42)52(61)58(51(43)60)32-36-20-18-35(19-21-36)31-57-33-37(55-56-57)30-34-14-10-9-11-15-34/h9-11,14-15,18-29,33,38H,3-8,12-13,16-17,30-32H2,1-2H3. The van der Waals surface area contributed by atoms with Gasteiger partial charge in [0.2, 0.25) is 0 Å². The van der Waals surface area contributed by atoms with Crippen LogP contribution in [-0.2, 0) is 19.5 Å². The van der Waals surface area contributed by atoms with Crippen LogP contribution in [0.3, 0.4) is 0 Å². The molecule has 0 saturated carbocycles. The molecule has 63 heavy (non-hydrogen) atoms. The number of unbranched alkanes of at least 4 members (excludes halogenated alkanes) is 6. The molecule has 316 valence electrons. The van der Waals surface area contributed by atoms with E-state index in [1.165, 1.54) is 10.5 Å². The highest BCUT2D eigenvalue weighted by Crippen LogP contribution is 2.46. The summed E-state index contributed by atoms with van der Waals surface area (Å²) in [5, 5.41) is 15.3. The molecule has 4 amide bonds. The Hall–Kier alpha value is -6.74. The van der Waals surface area contributed by atoms with Gasteiger partial charge in [-0.1, -0.05) is 149 Å². The molecule has 10 rings (SSSR count). The minimum absolute atomic E-state index is 0.134. The van der Waals surface area contributed by atoms with Gasteiger partial charge in [-0.15, -0.1) is 5.10 Å². The first-order chi connectivity index (χ1) is 30.8. The van der Waals surface area contributed by atoms with Crippen molar-refractivity contribution in [1.29, 1.82) is 0 Å². The van der Waals surface area contributed by atoms with Crippen molar-refractivity contribution in [3.05, 3.63) is 154 Å². The van der Waals surface area contributed by atoms with E-state index in [0.29, 0.717) is 46.0 Å². The van der Waals surface area contributed by atoms with E-state index in [2.05, 4.69) is 36.3 Å². The van der Waals surface area contributed by atoms with Gasteiger partial charge in [-0.3, -0.25) is 29.0 Å². The summed E-state index contributed by atoms with van der Waals surface area (Å²) in [6.45, 7) is 5.08. The van der Waals surface area contributed by atoms with Gasteiger partial charge in [0, 0.05) is 51.7 Å². The second-order valence-corrected chi connectivity index (χ2v) is 17.6. The average molecular weight is 834 g/mol. The Balaban J connectivity index is 0.939. The maximum Gasteiger partial charge on any atom is 0.261 e. The van der Waals surface area contributed by atoms with Crippen molar-refractivity contribution in [2.75, 3.05) is 0 Å². The Morgan fingerprint density at radius 3 is 1.44 bits per heavy atom. The van der Waals surface area contributed by atoms with Crippen molar-refractivity contribution < 1.29 is 19.2 Å². The van der Waals surface area contributed by atoms with Gasteiger partial charge < -0.3 is 0 Å². The summed E-state index contributed by atoms with van der Waals surface area (Å²) in [7, 11) is 0. The number of carbonyl (C=O) groups is 4. The molecular weight excluding hydrogens is 783 g/mol. The Bertz CT molecular complexity index is 2930. The van der Waals surface area contributed by atoms with E-state index in [1.807, 2.05) is 102 Å². The van der Waals surface area contributed by atoms with Crippen molar-refractivity contribution in [3.63, 3.8) is 0 Å². The van der Waals surface area contributed by atoms with E-state index in [-0.39, 0.29) is 36.2 Å². The quantitative estimate of drug-likeness (QED) is 0.0391. The second-order valence-electron chi connectivity index (χ2n) is 17.6. The molecule has 0 radical (unpaired) electrons. The Morgan fingerprint density at radius 1 is 0.476 bits per heavy atom. The summed E-state index contributed by atoms with van der Waals surface area (Å²) in [4.78, 5) is 60.6. The Labute approximate surface area is 367 Å². The van der Waals surface area contributed by atoms with Crippen molar-refractivity contribution in [2.24, 2.45) is 0 Å². The minimum Gasteiger partial charge on any atom is -0.271 e. The highest BCUT2D eigenvalue weighted by Gasteiger charge is 2.39. The number of aromatic nitrogens is 3. The average Bonchev–Trinajstić information content (AvgIpc) is 3.75. The molecule has 0 aliphatic carbocycles. The molecular formula is C54H51N5O4. The van der Waals surface area contributed by atoms with Gasteiger partial charge >= 0.3 is 0 Å². The van der Waals surface area contributed by atoms with E-state index >= 15 is 0 Å². The zero-order valence-corrected chi connectivity index (χ0v) is 36.0. The summed E-state index contributed by atoms with van der Waals surface area (Å²) in [6.07, 6.45) is 13.1. The third-order valence-corrected chi connectivity index (χ3v) is 13.4. The van der Waals surface area contributed by atoms with Gasteiger partial charge in [-0.2, -0.15) is 0 Å². The summed E-state index contributed by atoms with van der Waals surface area (Å²) in [5.74, 6) is -1.09. The monoisotopic (exact) mass is 833 g/mol. The minimum atomic E-state index is -0.333. The molecule has 9 heteroatoms. The predicted molar refractivity (Wildman–Crippen MR) is 248 cm³/mol. The molecule has 0 bridgehead atoms. The van der Waals surface area contributed by atoms with E-state index in [4.69, 9.17) is 0 Å². The first-order valence-electron chi connectivity index (χ1n) is 22.8. The lowest BCUT2D eigenvalue weighted by Gasteiger charge is -2.35. The number of hydrogen-bond acceptors (Lipinski definition) is 6. The molecule has 2 aliphatic rings. The third kappa shape index (κ3) is 7.13. The maximum absolute atomic E-state index is 14.5. The summed E-state index contributed by atoms with van der Waals surface area (Å²) < 4.78 is 1.82. The molecule has 0 spiro atoms. The molecule has 0 saturated heterocycles. The number of rotatable bonds is 17. The fourth-order valence-corrected chi connectivity index (χ4v) is 10.2.